The number of nitrogens with one attached hydrogen (secondary N) is 1. The van der Waals surface area contributed by atoms with E-state index in [1.165, 1.54) is 18.2 Å². The molecule has 0 unspecified atom stereocenters. The number of hydrogen-bond acceptors (Lipinski definition) is 5. The molecule has 0 bridgehead atoms. The summed E-state index contributed by atoms with van der Waals surface area (Å²) in [5.41, 5.74) is 1.33. The van der Waals surface area contributed by atoms with Crippen LogP contribution in [-0.2, 0) is 0 Å². The lowest BCUT2D eigenvalue weighted by molar-refractivity contribution is 0.102. The van der Waals surface area contributed by atoms with Gasteiger partial charge in [0.25, 0.3) is 5.91 Å². The lowest BCUT2D eigenvalue weighted by Crippen LogP contribution is -2.13. The number of aryl methyl sites for hydroxylation is 1. The summed E-state index contributed by atoms with van der Waals surface area (Å²) >= 11 is 0. The number of hydrogen-bond donors (Lipinski definition) is 2. The van der Waals surface area contributed by atoms with Crippen LogP contribution in [0, 0.1) is 12.7 Å². The molecule has 0 radical (unpaired) electrons. The normalized spacial score (nSPS) is 10.5. The Bertz CT molecular complexity index is 861. The number of aromatic nitrogens is 4. The highest BCUT2D eigenvalue weighted by atomic mass is 19.1. The minimum absolute atomic E-state index is 0.00286. The Morgan fingerprint density at radius 3 is 2.78 bits per heavy atom. The van der Waals surface area contributed by atoms with E-state index >= 15 is 0 Å². The molecule has 0 spiro atoms. The van der Waals surface area contributed by atoms with Crippen LogP contribution in [0.15, 0.2) is 42.7 Å². The van der Waals surface area contributed by atoms with Gasteiger partial charge in [-0.2, -0.15) is 9.78 Å². The van der Waals surface area contributed by atoms with Crippen LogP contribution in [-0.4, -0.2) is 30.8 Å². The van der Waals surface area contributed by atoms with E-state index in [9.17, 15) is 14.3 Å². The van der Waals surface area contributed by atoms with E-state index in [4.69, 9.17) is 0 Å². The number of pyridine rings is 2. The molecule has 23 heavy (non-hydrogen) atoms. The third kappa shape index (κ3) is 3.15. The number of aromatic hydroxyl groups is 1. The van der Waals surface area contributed by atoms with E-state index in [0.717, 1.165) is 16.6 Å². The maximum Gasteiger partial charge on any atom is 0.276 e. The van der Waals surface area contributed by atoms with Crippen LogP contribution in [0.25, 0.3) is 5.82 Å². The minimum Gasteiger partial charge on any atom is -0.493 e. The summed E-state index contributed by atoms with van der Waals surface area (Å²) in [7, 11) is 0. The zero-order chi connectivity index (χ0) is 16.4. The summed E-state index contributed by atoms with van der Waals surface area (Å²) in [5, 5.41) is 16.5. The van der Waals surface area contributed by atoms with Crippen molar-refractivity contribution >= 4 is 11.6 Å². The molecule has 0 aliphatic heterocycles. The van der Waals surface area contributed by atoms with Crippen molar-refractivity contribution in [2.24, 2.45) is 0 Å². The van der Waals surface area contributed by atoms with E-state index in [0.29, 0.717) is 5.69 Å². The van der Waals surface area contributed by atoms with E-state index in [-0.39, 0.29) is 17.4 Å². The monoisotopic (exact) mass is 313 g/mol. The lowest BCUT2D eigenvalue weighted by atomic mass is 10.3. The Morgan fingerprint density at radius 1 is 1.26 bits per heavy atom. The van der Waals surface area contributed by atoms with Gasteiger partial charge in [-0.15, -0.1) is 0 Å². The molecule has 3 heterocycles. The molecule has 0 fully saturated rings. The molecule has 0 atom stereocenters. The molecule has 3 rings (SSSR count). The van der Waals surface area contributed by atoms with Gasteiger partial charge in [0.05, 0.1) is 6.20 Å². The van der Waals surface area contributed by atoms with Crippen LogP contribution >= 0.6 is 0 Å². The Labute approximate surface area is 130 Å². The highest BCUT2D eigenvalue weighted by Gasteiger charge is 2.16. The number of amides is 1. The maximum absolute atomic E-state index is 12.9. The summed E-state index contributed by atoms with van der Waals surface area (Å²) in [6, 6.07) is 7.08. The van der Waals surface area contributed by atoms with E-state index in [2.05, 4.69) is 20.4 Å². The molecule has 0 aliphatic carbocycles. The predicted molar refractivity (Wildman–Crippen MR) is 79.9 cm³/mol. The average Bonchev–Trinajstić information content (AvgIpc) is 2.90. The van der Waals surface area contributed by atoms with Gasteiger partial charge in [-0.25, -0.2) is 9.37 Å². The van der Waals surface area contributed by atoms with Gasteiger partial charge >= 0.3 is 0 Å². The van der Waals surface area contributed by atoms with Gasteiger partial charge in [-0.3, -0.25) is 9.78 Å². The fourth-order valence-corrected chi connectivity index (χ4v) is 1.96. The number of anilines is 1. The Morgan fingerprint density at radius 2 is 2.09 bits per heavy atom. The molecule has 7 nitrogen and oxygen atoms in total. The van der Waals surface area contributed by atoms with Gasteiger partial charge in [0, 0.05) is 23.6 Å². The van der Waals surface area contributed by atoms with Crippen LogP contribution in [0.3, 0.4) is 0 Å². The highest BCUT2D eigenvalue weighted by Crippen LogP contribution is 2.18. The number of carbonyl (C=O) groups is 1. The first-order valence-electron chi connectivity index (χ1n) is 6.68. The molecule has 2 N–H and O–H groups in total. The molecule has 0 saturated heterocycles. The number of halogens is 1. The van der Waals surface area contributed by atoms with E-state index in [1.54, 1.807) is 25.3 Å². The Balaban J connectivity index is 1.85. The first-order chi connectivity index (χ1) is 11.0. The number of carbonyl (C=O) groups excluding carboxylic acids is 1. The van der Waals surface area contributed by atoms with Crippen molar-refractivity contribution in [3.63, 3.8) is 0 Å². The van der Waals surface area contributed by atoms with Crippen molar-refractivity contribution in [2.45, 2.75) is 6.92 Å². The van der Waals surface area contributed by atoms with Crippen LogP contribution in [0.1, 0.15) is 16.2 Å². The number of nitrogens with zero attached hydrogens (tertiary/aromatic N) is 4. The summed E-state index contributed by atoms with van der Waals surface area (Å²) in [6.07, 6.45) is 2.57. The summed E-state index contributed by atoms with van der Waals surface area (Å²) in [5.74, 6) is -1.08. The second-order valence-electron chi connectivity index (χ2n) is 4.77. The molecular formula is C15H12FN5O2. The van der Waals surface area contributed by atoms with Gasteiger partial charge in [-0.05, 0) is 31.2 Å². The van der Waals surface area contributed by atoms with Gasteiger partial charge < -0.3 is 10.4 Å². The van der Waals surface area contributed by atoms with Gasteiger partial charge in [0.1, 0.15) is 5.82 Å². The largest absolute Gasteiger partial charge is 0.493 e. The zero-order valence-electron chi connectivity index (χ0n) is 12.1. The van der Waals surface area contributed by atoms with Crippen molar-refractivity contribution in [1.82, 2.24) is 19.7 Å². The maximum atomic E-state index is 12.9. The van der Waals surface area contributed by atoms with Crippen molar-refractivity contribution in [3.05, 3.63) is 59.9 Å². The molecule has 1 amide bonds. The quantitative estimate of drug-likeness (QED) is 0.772. The van der Waals surface area contributed by atoms with Crippen molar-refractivity contribution in [3.8, 4) is 11.7 Å². The third-order valence-electron chi connectivity index (χ3n) is 3.01. The standard InChI is InChI=1S/C15H12FN5O2/c1-9-6-11(4-5-17-9)19-15(23)12-7-14(22)21(20-12)13-3-2-10(16)8-18-13/h2-8,22H,1H3,(H,17,19,23). The summed E-state index contributed by atoms with van der Waals surface area (Å²) in [6.45, 7) is 1.80. The second kappa shape index (κ2) is 5.84. The fraction of sp³-hybridized carbons (Fsp3) is 0.0667. The molecule has 116 valence electrons. The SMILES string of the molecule is Cc1cc(NC(=O)c2cc(O)n(-c3ccc(F)cn3)n2)ccn1. The fourth-order valence-electron chi connectivity index (χ4n) is 1.96. The van der Waals surface area contributed by atoms with E-state index in [1.807, 2.05) is 0 Å². The molecular weight excluding hydrogens is 301 g/mol. The molecule has 8 heteroatoms. The predicted octanol–water partition coefficient (Wildman–Crippen LogP) is 2.07. The minimum atomic E-state index is -0.508. The summed E-state index contributed by atoms with van der Waals surface area (Å²) in [4.78, 5) is 20.0. The van der Waals surface area contributed by atoms with Crippen molar-refractivity contribution < 1.29 is 14.3 Å². The first-order valence-corrected chi connectivity index (χ1v) is 6.68. The van der Waals surface area contributed by atoms with Gasteiger partial charge in [0.2, 0.25) is 5.88 Å². The van der Waals surface area contributed by atoms with E-state index < -0.39 is 11.7 Å². The molecule has 0 aromatic carbocycles. The molecule has 0 saturated carbocycles. The highest BCUT2D eigenvalue weighted by molar-refractivity contribution is 6.03. The second-order valence-corrected chi connectivity index (χ2v) is 4.77. The smallest absolute Gasteiger partial charge is 0.276 e. The summed E-state index contributed by atoms with van der Waals surface area (Å²) < 4.78 is 13.9. The lowest BCUT2D eigenvalue weighted by Gasteiger charge is -2.03. The Hall–Kier alpha value is -3.29. The Kier molecular flexibility index (Phi) is 3.71. The van der Waals surface area contributed by atoms with Gasteiger partial charge in [-0.1, -0.05) is 0 Å². The van der Waals surface area contributed by atoms with Crippen LogP contribution < -0.4 is 5.32 Å². The van der Waals surface area contributed by atoms with Crippen LogP contribution in [0.2, 0.25) is 0 Å². The zero-order valence-corrected chi connectivity index (χ0v) is 12.1. The number of rotatable bonds is 3. The third-order valence-corrected chi connectivity index (χ3v) is 3.01. The average molecular weight is 313 g/mol. The molecule has 3 aromatic rings. The topological polar surface area (TPSA) is 92.9 Å². The van der Waals surface area contributed by atoms with Crippen LogP contribution in [0.5, 0.6) is 5.88 Å². The first kappa shape index (κ1) is 14.6. The molecule has 0 aliphatic rings. The molecule has 3 aromatic heterocycles. The van der Waals surface area contributed by atoms with Crippen molar-refractivity contribution in [2.75, 3.05) is 5.32 Å². The van der Waals surface area contributed by atoms with Crippen LogP contribution in [0.4, 0.5) is 10.1 Å². The van der Waals surface area contributed by atoms with Gasteiger partial charge in [0.15, 0.2) is 11.5 Å². The van der Waals surface area contributed by atoms with Crippen molar-refractivity contribution in [1.29, 1.82) is 0 Å².